The number of rotatable bonds is 5. The third-order valence-corrected chi connectivity index (χ3v) is 2.90. The summed E-state index contributed by atoms with van der Waals surface area (Å²) in [6, 6.07) is 2.63. The minimum absolute atomic E-state index is 0.137. The third kappa shape index (κ3) is 2.98. The van der Waals surface area contributed by atoms with Crippen LogP contribution in [0.1, 0.15) is 17.9 Å². The Hall–Kier alpha value is -1.75. The number of halogens is 2. The lowest BCUT2D eigenvalue weighted by atomic mass is 10.1. The van der Waals surface area contributed by atoms with Crippen LogP contribution in [0.15, 0.2) is 22.7 Å². The smallest absolute Gasteiger partial charge is 0.194 e. The molecule has 19 heavy (non-hydrogen) atoms. The molecule has 0 aliphatic carbocycles. The lowest BCUT2D eigenvalue weighted by Crippen LogP contribution is -2.08. The zero-order valence-electron chi connectivity index (χ0n) is 11.0. The number of aromatic nitrogens is 1. The van der Waals surface area contributed by atoms with Gasteiger partial charge in [0.15, 0.2) is 11.7 Å². The number of hydrogen-bond acceptors (Lipinski definition) is 3. The maximum atomic E-state index is 13.9. The first-order valence-electron chi connectivity index (χ1n) is 6.17. The second kappa shape index (κ2) is 5.93. The van der Waals surface area contributed by atoms with E-state index in [9.17, 15) is 8.78 Å². The number of benzene rings is 1. The van der Waals surface area contributed by atoms with E-state index in [1.54, 1.807) is 6.92 Å². The van der Waals surface area contributed by atoms with Crippen molar-refractivity contribution in [3.8, 4) is 11.3 Å². The predicted molar refractivity (Wildman–Crippen MR) is 68.8 cm³/mol. The average Bonchev–Trinajstić information content (AvgIpc) is 2.83. The van der Waals surface area contributed by atoms with Gasteiger partial charge in [-0.2, -0.15) is 0 Å². The molecule has 102 valence electrons. The van der Waals surface area contributed by atoms with Crippen LogP contribution in [0.5, 0.6) is 0 Å². The molecule has 0 amide bonds. The Bertz CT molecular complexity index is 567. The summed E-state index contributed by atoms with van der Waals surface area (Å²) in [6.07, 6.45) is 2.86. The van der Waals surface area contributed by atoms with Crippen molar-refractivity contribution < 1.29 is 13.2 Å². The van der Waals surface area contributed by atoms with Crippen LogP contribution in [-0.4, -0.2) is 18.6 Å². The Morgan fingerprint density at radius 1 is 1.32 bits per heavy atom. The molecule has 1 N–H and O–H groups in total. The Morgan fingerprint density at radius 3 is 2.84 bits per heavy atom. The molecule has 0 spiro atoms. The summed E-state index contributed by atoms with van der Waals surface area (Å²) in [5.74, 6) is -0.609. The van der Waals surface area contributed by atoms with Crippen molar-refractivity contribution in [1.82, 2.24) is 10.3 Å². The molecule has 5 heteroatoms. The lowest BCUT2D eigenvalue weighted by molar-refractivity contribution is 0.486. The van der Waals surface area contributed by atoms with Crippen LogP contribution in [0.3, 0.4) is 0 Å². The summed E-state index contributed by atoms with van der Waals surface area (Å²) in [7, 11) is 1.86. The molecule has 0 saturated heterocycles. The molecule has 0 fully saturated rings. The van der Waals surface area contributed by atoms with Crippen molar-refractivity contribution >= 4 is 0 Å². The van der Waals surface area contributed by atoms with Crippen LogP contribution < -0.4 is 5.32 Å². The van der Waals surface area contributed by atoms with Gasteiger partial charge in [-0.3, -0.25) is 0 Å². The van der Waals surface area contributed by atoms with E-state index in [-0.39, 0.29) is 11.3 Å². The monoisotopic (exact) mass is 266 g/mol. The second-order valence-electron chi connectivity index (χ2n) is 4.38. The number of nitrogens with one attached hydrogen (secondary N) is 1. The maximum absolute atomic E-state index is 13.9. The van der Waals surface area contributed by atoms with E-state index < -0.39 is 11.6 Å². The molecule has 0 aliphatic heterocycles. The van der Waals surface area contributed by atoms with Gasteiger partial charge < -0.3 is 9.73 Å². The minimum atomic E-state index is -0.638. The molecule has 2 rings (SSSR count). The summed E-state index contributed by atoms with van der Waals surface area (Å²) in [4.78, 5) is 4.05. The van der Waals surface area contributed by atoms with Crippen LogP contribution in [0, 0.1) is 18.6 Å². The molecule has 0 saturated carbocycles. The summed E-state index contributed by atoms with van der Waals surface area (Å²) in [5, 5.41) is 3.01. The number of nitrogens with zero attached hydrogens (tertiary/aromatic N) is 1. The molecule has 0 unspecified atom stereocenters. The first kappa shape index (κ1) is 13.7. The Labute approximate surface area is 110 Å². The summed E-state index contributed by atoms with van der Waals surface area (Å²) in [5.41, 5.74) is 0.233. The van der Waals surface area contributed by atoms with Gasteiger partial charge in [0, 0.05) is 6.42 Å². The molecule has 0 atom stereocenters. The van der Waals surface area contributed by atoms with Crippen molar-refractivity contribution in [2.24, 2.45) is 0 Å². The van der Waals surface area contributed by atoms with Crippen LogP contribution in [0.25, 0.3) is 11.3 Å². The molecule has 2 aromatic rings. The van der Waals surface area contributed by atoms with Gasteiger partial charge >= 0.3 is 0 Å². The van der Waals surface area contributed by atoms with E-state index in [4.69, 9.17) is 4.42 Å². The molecular weight excluding hydrogens is 250 g/mol. The van der Waals surface area contributed by atoms with Gasteiger partial charge in [0.2, 0.25) is 0 Å². The molecule has 0 aliphatic rings. The highest BCUT2D eigenvalue weighted by molar-refractivity contribution is 5.59. The van der Waals surface area contributed by atoms with Crippen LogP contribution in [-0.2, 0) is 6.42 Å². The van der Waals surface area contributed by atoms with Gasteiger partial charge in [-0.15, -0.1) is 0 Å². The van der Waals surface area contributed by atoms with Crippen LogP contribution >= 0.6 is 0 Å². The fourth-order valence-corrected chi connectivity index (χ4v) is 1.84. The molecule has 1 aromatic carbocycles. The topological polar surface area (TPSA) is 38.1 Å². The quantitative estimate of drug-likeness (QED) is 0.845. The predicted octanol–water partition coefficient (Wildman–Crippen LogP) is 3.08. The van der Waals surface area contributed by atoms with Crippen molar-refractivity contribution in [3.63, 3.8) is 0 Å². The molecular formula is C14H16F2N2O. The van der Waals surface area contributed by atoms with E-state index in [1.807, 2.05) is 7.05 Å². The highest BCUT2D eigenvalue weighted by Crippen LogP contribution is 2.28. The number of aryl methyl sites for hydroxylation is 2. The summed E-state index contributed by atoms with van der Waals surface area (Å²) in [6.45, 7) is 2.42. The van der Waals surface area contributed by atoms with Crippen molar-refractivity contribution in [1.29, 1.82) is 0 Å². The number of hydrogen-bond donors (Lipinski definition) is 1. The van der Waals surface area contributed by atoms with Crippen molar-refractivity contribution in [3.05, 3.63) is 41.4 Å². The fraction of sp³-hybridized carbons (Fsp3) is 0.357. The average molecular weight is 266 g/mol. The van der Waals surface area contributed by atoms with Gasteiger partial charge in [-0.05, 0) is 38.6 Å². The van der Waals surface area contributed by atoms with Gasteiger partial charge in [0.1, 0.15) is 11.6 Å². The molecule has 1 heterocycles. The Kier molecular flexibility index (Phi) is 4.27. The Morgan fingerprint density at radius 2 is 2.11 bits per heavy atom. The van der Waals surface area contributed by atoms with Gasteiger partial charge in [-0.25, -0.2) is 13.8 Å². The molecule has 1 aromatic heterocycles. The SMILES string of the molecule is CNCCCc1ncc(-c2c(F)ccc(C)c2F)o1. The maximum Gasteiger partial charge on any atom is 0.194 e. The molecule has 3 nitrogen and oxygen atoms in total. The van der Waals surface area contributed by atoms with Crippen molar-refractivity contribution in [2.75, 3.05) is 13.6 Å². The zero-order chi connectivity index (χ0) is 13.8. The summed E-state index contributed by atoms with van der Waals surface area (Å²) >= 11 is 0. The minimum Gasteiger partial charge on any atom is -0.441 e. The normalized spacial score (nSPS) is 10.9. The molecule has 0 radical (unpaired) electrons. The lowest BCUT2D eigenvalue weighted by Gasteiger charge is -2.03. The third-order valence-electron chi connectivity index (χ3n) is 2.90. The van der Waals surface area contributed by atoms with Crippen molar-refractivity contribution in [2.45, 2.75) is 19.8 Å². The van der Waals surface area contributed by atoms with E-state index in [2.05, 4.69) is 10.3 Å². The molecule has 0 bridgehead atoms. The van der Waals surface area contributed by atoms with Gasteiger partial charge in [0.25, 0.3) is 0 Å². The second-order valence-corrected chi connectivity index (χ2v) is 4.38. The van der Waals surface area contributed by atoms with E-state index in [1.165, 1.54) is 18.3 Å². The number of oxazole rings is 1. The highest BCUT2D eigenvalue weighted by Gasteiger charge is 2.17. The largest absolute Gasteiger partial charge is 0.441 e. The Balaban J connectivity index is 2.25. The van der Waals surface area contributed by atoms with E-state index >= 15 is 0 Å². The standard InChI is InChI=1S/C14H16F2N2O/c1-9-5-6-10(15)13(14(9)16)11-8-18-12(19-11)4-3-7-17-2/h5-6,8,17H,3-4,7H2,1-2H3. The van der Waals surface area contributed by atoms with Gasteiger partial charge in [-0.1, -0.05) is 6.07 Å². The summed E-state index contributed by atoms with van der Waals surface area (Å²) < 4.78 is 33.0. The van der Waals surface area contributed by atoms with Gasteiger partial charge in [0.05, 0.1) is 11.8 Å². The highest BCUT2D eigenvalue weighted by atomic mass is 19.1. The fourth-order valence-electron chi connectivity index (χ4n) is 1.84. The van der Waals surface area contributed by atoms with E-state index in [0.717, 1.165) is 13.0 Å². The van der Waals surface area contributed by atoms with E-state index in [0.29, 0.717) is 17.9 Å². The van der Waals surface area contributed by atoms with Crippen LogP contribution in [0.4, 0.5) is 8.78 Å². The zero-order valence-corrected chi connectivity index (χ0v) is 11.0. The van der Waals surface area contributed by atoms with Crippen LogP contribution in [0.2, 0.25) is 0 Å². The first-order chi connectivity index (χ1) is 9.13. The first-order valence-corrected chi connectivity index (χ1v) is 6.17.